The van der Waals surface area contributed by atoms with E-state index in [2.05, 4.69) is 4.98 Å². The fourth-order valence-corrected chi connectivity index (χ4v) is 3.60. The van der Waals surface area contributed by atoms with Crippen LogP contribution in [0.25, 0.3) is 21.8 Å². The van der Waals surface area contributed by atoms with Crippen molar-refractivity contribution in [2.45, 2.75) is 0 Å². The molecule has 1 aromatic heterocycles. The minimum absolute atomic E-state index is 0.162. The number of benzene rings is 2. The Kier molecular flexibility index (Phi) is 5.06. The molecule has 0 aliphatic heterocycles. The average Bonchev–Trinajstić information content (AvgIpc) is 3.10. The zero-order chi connectivity index (χ0) is 18.8. The van der Waals surface area contributed by atoms with E-state index in [1.54, 1.807) is 38.4 Å². The van der Waals surface area contributed by atoms with E-state index in [1.165, 1.54) is 16.2 Å². The van der Waals surface area contributed by atoms with Crippen LogP contribution < -0.4 is 5.73 Å². The second kappa shape index (κ2) is 7.27. The summed E-state index contributed by atoms with van der Waals surface area (Å²) in [5.74, 6) is -0.733. The highest BCUT2D eigenvalue weighted by molar-refractivity contribution is 7.13. The number of primary amides is 1. The van der Waals surface area contributed by atoms with Gasteiger partial charge in [-0.2, -0.15) is 0 Å². The molecule has 26 heavy (non-hydrogen) atoms. The molecule has 0 spiro atoms. The maximum atomic E-state index is 12.3. The van der Waals surface area contributed by atoms with Crippen molar-refractivity contribution in [1.82, 2.24) is 9.88 Å². The summed E-state index contributed by atoms with van der Waals surface area (Å²) < 4.78 is 0. The van der Waals surface area contributed by atoms with Crippen LogP contribution in [0.2, 0.25) is 5.02 Å². The van der Waals surface area contributed by atoms with Crippen LogP contribution in [0.3, 0.4) is 0 Å². The molecule has 132 valence electrons. The molecule has 0 unspecified atom stereocenters. The Morgan fingerprint density at radius 1 is 1.12 bits per heavy atom. The van der Waals surface area contributed by atoms with E-state index in [4.69, 9.17) is 17.3 Å². The zero-order valence-corrected chi connectivity index (χ0v) is 15.8. The lowest BCUT2D eigenvalue weighted by Crippen LogP contribution is -2.22. The summed E-state index contributed by atoms with van der Waals surface area (Å²) in [7, 11) is 3.34. The van der Waals surface area contributed by atoms with E-state index in [1.807, 2.05) is 23.6 Å². The summed E-state index contributed by atoms with van der Waals surface area (Å²) in [6.45, 7) is 0. The Hall–Kier alpha value is -2.70. The van der Waals surface area contributed by atoms with Gasteiger partial charge in [-0.15, -0.1) is 11.3 Å². The van der Waals surface area contributed by atoms with Crippen molar-refractivity contribution in [2.24, 2.45) is 5.73 Å². The third kappa shape index (κ3) is 3.47. The molecular weight excluding hydrogens is 370 g/mol. The molecule has 3 rings (SSSR count). The number of thiazole rings is 1. The van der Waals surface area contributed by atoms with Gasteiger partial charge in [-0.05, 0) is 24.3 Å². The van der Waals surface area contributed by atoms with Gasteiger partial charge < -0.3 is 10.6 Å². The molecule has 0 bridgehead atoms. The van der Waals surface area contributed by atoms with Gasteiger partial charge in [0.15, 0.2) is 0 Å². The zero-order valence-electron chi connectivity index (χ0n) is 14.2. The largest absolute Gasteiger partial charge is 0.366 e. The molecule has 0 aliphatic carbocycles. The standard InChI is InChI=1S/C19H16ClN3O2S/c1-23(2)19(25)11-7-8-12(17(21)24)14(9-11)18-22-16(10-26-18)13-5-3-4-6-15(13)20/h3-10H,1-2H3,(H2,21,24). The fourth-order valence-electron chi connectivity index (χ4n) is 2.52. The van der Waals surface area contributed by atoms with Gasteiger partial charge in [0.2, 0.25) is 5.91 Å². The molecule has 0 aliphatic rings. The van der Waals surface area contributed by atoms with E-state index in [0.717, 1.165) is 5.56 Å². The van der Waals surface area contributed by atoms with E-state index in [0.29, 0.717) is 32.4 Å². The number of carbonyl (C=O) groups is 2. The summed E-state index contributed by atoms with van der Waals surface area (Å²) in [6.07, 6.45) is 0. The number of amides is 2. The summed E-state index contributed by atoms with van der Waals surface area (Å²) in [5.41, 5.74) is 8.33. The lowest BCUT2D eigenvalue weighted by atomic mass is 10.0. The number of nitrogens with zero attached hydrogens (tertiary/aromatic N) is 2. The van der Waals surface area contributed by atoms with Crippen LogP contribution >= 0.6 is 22.9 Å². The van der Waals surface area contributed by atoms with Gasteiger partial charge in [-0.3, -0.25) is 9.59 Å². The quantitative estimate of drug-likeness (QED) is 0.739. The minimum Gasteiger partial charge on any atom is -0.366 e. The van der Waals surface area contributed by atoms with Crippen LogP contribution in [0.15, 0.2) is 47.8 Å². The fraction of sp³-hybridized carbons (Fsp3) is 0.105. The molecule has 2 N–H and O–H groups in total. The SMILES string of the molecule is CN(C)C(=O)c1ccc(C(N)=O)c(-c2nc(-c3ccccc3Cl)cs2)c1. The number of carbonyl (C=O) groups excluding carboxylic acids is 2. The summed E-state index contributed by atoms with van der Waals surface area (Å²) in [6, 6.07) is 12.2. The normalized spacial score (nSPS) is 10.6. The highest BCUT2D eigenvalue weighted by Gasteiger charge is 2.18. The van der Waals surface area contributed by atoms with Crippen molar-refractivity contribution in [2.75, 3.05) is 14.1 Å². The molecule has 5 nitrogen and oxygen atoms in total. The third-order valence-electron chi connectivity index (χ3n) is 3.82. The van der Waals surface area contributed by atoms with Gasteiger partial charge in [0.1, 0.15) is 5.01 Å². The number of rotatable bonds is 4. The average molecular weight is 386 g/mol. The first-order valence-electron chi connectivity index (χ1n) is 7.75. The number of hydrogen-bond donors (Lipinski definition) is 1. The molecule has 0 radical (unpaired) electrons. The molecule has 0 fully saturated rings. The Bertz CT molecular complexity index is 998. The Labute approximate surface area is 160 Å². The predicted octanol–water partition coefficient (Wildman–Crippen LogP) is 3.93. The first kappa shape index (κ1) is 18.1. The van der Waals surface area contributed by atoms with E-state index < -0.39 is 5.91 Å². The smallest absolute Gasteiger partial charge is 0.253 e. The lowest BCUT2D eigenvalue weighted by molar-refractivity contribution is 0.0827. The van der Waals surface area contributed by atoms with Crippen molar-refractivity contribution in [3.63, 3.8) is 0 Å². The van der Waals surface area contributed by atoms with Gasteiger partial charge in [-0.25, -0.2) is 4.98 Å². The van der Waals surface area contributed by atoms with Crippen molar-refractivity contribution in [1.29, 1.82) is 0 Å². The van der Waals surface area contributed by atoms with Gasteiger partial charge >= 0.3 is 0 Å². The van der Waals surface area contributed by atoms with Crippen LogP contribution in [-0.2, 0) is 0 Å². The predicted molar refractivity (Wildman–Crippen MR) is 105 cm³/mol. The highest BCUT2D eigenvalue weighted by Crippen LogP contribution is 2.34. The van der Waals surface area contributed by atoms with Crippen LogP contribution in [0.4, 0.5) is 0 Å². The molecule has 0 saturated carbocycles. The highest BCUT2D eigenvalue weighted by atomic mass is 35.5. The van der Waals surface area contributed by atoms with Crippen molar-refractivity contribution in [3.05, 3.63) is 64.0 Å². The topological polar surface area (TPSA) is 76.3 Å². The van der Waals surface area contributed by atoms with Crippen LogP contribution in [0, 0.1) is 0 Å². The first-order valence-corrected chi connectivity index (χ1v) is 9.00. The molecule has 3 aromatic rings. The molecule has 7 heteroatoms. The number of halogens is 1. The van der Waals surface area contributed by atoms with Crippen LogP contribution in [-0.4, -0.2) is 35.8 Å². The monoisotopic (exact) mass is 385 g/mol. The van der Waals surface area contributed by atoms with Gasteiger partial charge in [-0.1, -0.05) is 29.8 Å². The molecule has 1 heterocycles. The van der Waals surface area contributed by atoms with Crippen LogP contribution in [0.1, 0.15) is 20.7 Å². The molecule has 2 aromatic carbocycles. The van der Waals surface area contributed by atoms with Gasteiger partial charge in [0.25, 0.3) is 5.91 Å². The van der Waals surface area contributed by atoms with Crippen molar-refractivity contribution in [3.8, 4) is 21.8 Å². The Morgan fingerprint density at radius 2 is 1.85 bits per heavy atom. The Balaban J connectivity index is 2.11. The van der Waals surface area contributed by atoms with Crippen molar-refractivity contribution < 1.29 is 9.59 Å². The maximum absolute atomic E-state index is 12.3. The molecule has 0 saturated heterocycles. The van der Waals surface area contributed by atoms with Crippen LogP contribution in [0.5, 0.6) is 0 Å². The summed E-state index contributed by atoms with van der Waals surface area (Å²) in [5, 5.41) is 3.06. The minimum atomic E-state index is -0.571. The second-order valence-electron chi connectivity index (χ2n) is 5.84. The molecular formula is C19H16ClN3O2S. The number of hydrogen-bond acceptors (Lipinski definition) is 4. The second-order valence-corrected chi connectivity index (χ2v) is 7.11. The molecule has 0 atom stereocenters. The third-order valence-corrected chi connectivity index (χ3v) is 5.03. The number of aromatic nitrogens is 1. The van der Waals surface area contributed by atoms with Crippen molar-refractivity contribution >= 4 is 34.8 Å². The van der Waals surface area contributed by atoms with E-state index in [9.17, 15) is 9.59 Å². The van der Waals surface area contributed by atoms with E-state index in [-0.39, 0.29) is 5.91 Å². The summed E-state index contributed by atoms with van der Waals surface area (Å²) in [4.78, 5) is 30.2. The summed E-state index contributed by atoms with van der Waals surface area (Å²) >= 11 is 7.60. The number of nitrogens with two attached hydrogens (primary N) is 1. The lowest BCUT2D eigenvalue weighted by Gasteiger charge is -2.12. The maximum Gasteiger partial charge on any atom is 0.253 e. The Morgan fingerprint density at radius 3 is 2.50 bits per heavy atom. The van der Waals surface area contributed by atoms with Gasteiger partial charge in [0.05, 0.1) is 5.69 Å². The molecule has 2 amide bonds. The first-order chi connectivity index (χ1) is 12.4. The van der Waals surface area contributed by atoms with Gasteiger partial charge in [0, 0.05) is 46.8 Å². The van der Waals surface area contributed by atoms with E-state index >= 15 is 0 Å².